The number of methoxy groups -OCH3 is 1. The topological polar surface area (TPSA) is 122 Å². The Morgan fingerprint density at radius 3 is 2.14 bits per heavy atom. The van der Waals surface area contributed by atoms with E-state index in [1.54, 1.807) is 36.4 Å². The molecule has 36 heavy (non-hydrogen) atoms. The van der Waals surface area contributed by atoms with Gasteiger partial charge in [0.15, 0.2) is 0 Å². The maximum absolute atomic E-state index is 12.9. The Balaban J connectivity index is 1.75. The molecule has 0 saturated heterocycles. The van der Waals surface area contributed by atoms with Gasteiger partial charge in [-0.2, -0.15) is 0 Å². The smallest absolute Gasteiger partial charge is 0.262 e. The minimum atomic E-state index is -3.92. The molecule has 0 aliphatic heterocycles. The number of benzene rings is 3. The third-order valence-electron chi connectivity index (χ3n) is 5.51. The van der Waals surface area contributed by atoms with Crippen LogP contribution in [0.4, 0.5) is 17.1 Å². The van der Waals surface area contributed by atoms with Gasteiger partial charge in [0.05, 0.1) is 29.6 Å². The van der Waals surface area contributed by atoms with E-state index in [0.717, 1.165) is 27.3 Å². The molecule has 0 unspecified atom stereocenters. The summed E-state index contributed by atoms with van der Waals surface area (Å²) in [6.45, 7) is 5.17. The summed E-state index contributed by atoms with van der Waals surface area (Å²) >= 11 is 0. The van der Waals surface area contributed by atoms with E-state index in [9.17, 15) is 21.6 Å². The third kappa shape index (κ3) is 6.55. The van der Waals surface area contributed by atoms with Crippen LogP contribution in [-0.2, 0) is 24.8 Å². The van der Waals surface area contributed by atoms with Gasteiger partial charge in [0.2, 0.25) is 15.9 Å². The van der Waals surface area contributed by atoms with Crippen molar-refractivity contribution in [3.05, 3.63) is 77.4 Å². The first kappa shape index (κ1) is 27.0. The first-order valence-electron chi connectivity index (χ1n) is 10.9. The number of ether oxygens (including phenoxy) is 1. The summed E-state index contributed by atoms with van der Waals surface area (Å²) in [6, 6.07) is 15.8. The summed E-state index contributed by atoms with van der Waals surface area (Å²) in [5.41, 5.74) is 3.77. The van der Waals surface area contributed by atoms with Crippen LogP contribution in [-0.4, -0.2) is 42.7 Å². The van der Waals surface area contributed by atoms with Gasteiger partial charge in [0.25, 0.3) is 10.0 Å². The second-order valence-electron chi connectivity index (χ2n) is 8.42. The van der Waals surface area contributed by atoms with E-state index >= 15 is 0 Å². The van der Waals surface area contributed by atoms with E-state index in [2.05, 4.69) is 10.0 Å². The van der Waals surface area contributed by atoms with Gasteiger partial charge in [0.1, 0.15) is 12.3 Å². The predicted molar refractivity (Wildman–Crippen MR) is 142 cm³/mol. The summed E-state index contributed by atoms with van der Waals surface area (Å²) in [5.74, 6) is -0.191. The molecule has 0 heterocycles. The third-order valence-corrected chi connectivity index (χ3v) is 8.04. The first-order chi connectivity index (χ1) is 16.8. The zero-order chi connectivity index (χ0) is 26.7. The molecule has 3 aromatic rings. The number of amides is 1. The number of rotatable bonds is 9. The van der Waals surface area contributed by atoms with Crippen LogP contribution in [0.1, 0.15) is 16.7 Å². The Labute approximate surface area is 212 Å². The van der Waals surface area contributed by atoms with Crippen molar-refractivity contribution in [1.29, 1.82) is 0 Å². The predicted octanol–water partition coefficient (Wildman–Crippen LogP) is 3.83. The molecular weight excluding hydrogens is 502 g/mol. The van der Waals surface area contributed by atoms with Crippen molar-refractivity contribution in [1.82, 2.24) is 0 Å². The van der Waals surface area contributed by atoms with Gasteiger partial charge in [-0.05, 0) is 86.0 Å². The molecule has 11 heteroatoms. The van der Waals surface area contributed by atoms with E-state index in [1.165, 1.54) is 31.4 Å². The van der Waals surface area contributed by atoms with Crippen molar-refractivity contribution < 1.29 is 26.4 Å². The van der Waals surface area contributed by atoms with Crippen LogP contribution in [0.3, 0.4) is 0 Å². The van der Waals surface area contributed by atoms with Crippen LogP contribution < -0.4 is 19.1 Å². The van der Waals surface area contributed by atoms with Gasteiger partial charge in [-0.1, -0.05) is 12.1 Å². The van der Waals surface area contributed by atoms with Crippen molar-refractivity contribution in [2.24, 2.45) is 0 Å². The minimum Gasteiger partial charge on any atom is -0.495 e. The van der Waals surface area contributed by atoms with Crippen LogP contribution in [0.2, 0.25) is 0 Å². The van der Waals surface area contributed by atoms with Crippen LogP contribution in [0, 0.1) is 20.8 Å². The molecule has 0 atom stereocenters. The minimum absolute atomic E-state index is 0.0167. The molecule has 0 radical (unpaired) electrons. The molecule has 0 aliphatic carbocycles. The van der Waals surface area contributed by atoms with E-state index in [4.69, 9.17) is 4.74 Å². The van der Waals surface area contributed by atoms with Gasteiger partial charge >= 0.3 is 0 Å². The number of anilines is 3. The van der Waals surface area contributed by atoms with Gasteiger partial charge in [0, 0.05) is 5.69 Å². The Bertz CT molecular complexity index is 1480. The van der Waals surface area contributed by atoms with Gasteiger partial charge < -0.3 is 10.1 Å². The molecule has 0 spiro atoms. The zero-order valence-corrected chi connectivity index (χ0v) is 22.3. The Hall–Kier alpha value is -3.57. The average Bonchev–Trinajstić information content (AvgIpc) is 2.79. The number of nitrogens with zero attached hydrogens (tertiary/aromatic N) is 1. The second-order valence-corrected chi connectivity index (χ2v) is 12.0. The lowest BCUT2D eigenvalue weighted by Gasteiger charge is -2.22. The summed E-state index contributed by atoms with van der Waals surface area (Å²) in [7, 11) is -6.20. The summed E-state index contributed by atoms with van der Waals surface area (Å²) < 4.78 is 59.2. The van der Waals surface area contributed by atoms with E-state index in [-0.39, 0.29) is 4.90 Å². The number of hydrogen-bond acceptors (Lipinski definition) is 6. The molecule has 3 rings (SSSR count). The van der Waals surface area contributed by atoms with Crippen molar-refractivity contribution >= 4 is 43.0 Å². The highest BCUT2D eigenvalue weighted by Gasteiger charge is 2.22. The lowest BCUT2D eigenvalue weighted by molar-refractivity contribution is -0.114. The Morgan fingerprint density at radius 2 is 1.56 bits per heavy atom. The molecule has 9 nitrogen and oxygen atoms in total. The average molecular weight is 532 g/mol. The highest BCUT2D eigenvalue weighted by molar-refractivity contribution is 7.92. The Kier molecular flexibility index (Phi) is 7.95. The molecule has 0 fully saturated rings. The van der Waals surface area contributed by atoms with Crippen molar-refractivity contribution in [2.45, 2.75) is 25.7 Å². The standard InChI is InChI=1S/C25H29N3O6S2/c1-17-6-13-24(34-4)23(14-17)27-36(32,33)22-11-8-20(9-12-22)26-25(29)16-28(35(5,30)31)21-10-7-18(2)19(3)15-21/h6-15,27H,16H2,1-5H3,(H,26,29). The summed E-state index contributed by atoms with van der Waals surface area (Å²) in [5, 5.41) is 2.61. The molecule has 192 valence electrons. The lowest BCUT2D eigenvalue weighted by Crippen LogP contribution is -2.37. The van der Waals surface area contributed by atoms with Crippen LogP contribution in [0.25, 0.3) is 0 Å². The molecule has 0 bridgehead atoms. The van der Waals surface area contributed by atoms with Crippen LogP contribution >= 0.6 is 0 Å². The summed E-state index contributed by atoms with van der Waals surface area (Å²) in [6.07, 6.45) is 1.03. The SMILES string of the molecule is COc1ccc(C)cc1NS(=O)(=O)c1ccc(NC(=O)CN(c2ccc(C)c(C)c2)S(C)(=O)=O)cc1. The molecule has 1 amide bonds. The number of hydrogen-bond donors (Lipinski definition) is 2. The quantitative estimate of drug-likeness (QED) is 0.433. The highest BCUT2D eigenvalue weighted by Crippen LogP contribution is 2.28. The van der Waals surface area contributed by atoms with Gasteiger partial charge in [-0.25, -0.2) is 16.8 Å². The second kappa shape index (κ2) is 10.6. The fraction of sp³-hybridized carbons (Fsp3) is 0.240. The fourth-order valence-electron chi connectivity index (χ4n) is 3.43. The maximum atomic E-state index is 12.9. The largest absolute Gasteiger partial charge is 0.495 e. The van der Waals surface area contributed by atoms with Crippen molar-refractivity contribution in [3.8, 4) is 5.75 Å². The number of sulfonamides is 2. The van der Waals surface area contributed by atoms with Gasteiger partial charge in [-0.15, -0.1) is 0 Å². The number of aryl methyl sites for hydroxylation is 3. The number of nitrogens with one attached hydrogen (secondary N) is 2. The molecule has 0 saturated carbocycles. The molecule has 0 aliphatic rings. The monoisotopic (exact) mass is 531 g/mol. The Morgan fingerprint density at radius 1 is 0.889 bits per heavy atom. The van der Waals surface area contributed by atoms with E-state index in [0.29, 0.717) is 22.8 Å². The van der Waals surface area contributed by atoms with E-state index < -0.39 is 32.5 Å². The first-order valence-corrected chi connectivity index (χ1v) is 14.3. The number of carbonyl (C=O) groups is 1. The van der Waals surface area contributed by atoms with Crippen molar-refractivity contribution in [2.75, 3.05) is 34.3 Å². The molecule has 0 aromatic heterocycles. The molecular formula is C25H29N3O6S2. The lowest BCUT2D eigenvalue weighted by atomic mass is 10.1. The van der Waals surface area contributed by atoms with Crippen LogP contribution in [0.15, 0.2) is 65.6 Å². The zero-order valence-electron chi connectivity index (χ0n) is 20.7. The van der Waals surface area contributed by atoms with Crippen LogP contribution in [0.5, 0.6) is 5.75 Å². The molecule has 2 N–H and O–H groups in total. The van der Waals surface area contributed by atoms with Gasteiger partial charge in [-0.3, -0.25) is 13.8 Å². The normalized spacial score (nSPS) is 11.6. The summed E-state index contributed by atoms with van der Waals surface area (Å²) in [4.78, 5) is 12.6. The fourth-order valence-corrected chi connectivity index (χ4v) is 5.34. The highest BCUT2D eigenvalue weighted by atomic mass is 32.2. The maximum Gasteiger partial charge on any atom is 0.262 e. The van der Waals surface area contributed by atoms with E-state index in [1.807, 2.05) is 20.8 Å². The number of carbonyl (C=O) groups excluding carboxylic acids is 1. The van der Waals surface area contributed by atoms with Crippen molar-refractivity contribution in [3.63, 3.8) is 0 Å². The molecule has 3 aromatic carbocycles.